The highest BCUT2D eigenvalue weighted by molar-refractivity contribution is 6.63. The van der Waals surface area contributed by atoms with Crippen molar-refractivity contribution in [1.29, 1.82) is 0 Å². The average molecular weight is 305 g/mol. The van der Waals surface area contributed by atoms with E-state index in [9.17, 15) is 0 Å². The summed E-state index contributed by atoms with van der Waals surface area (Å²) in [5.41, 5.74) is 0. The molecule has 0 aromatic carbocycles. The van der Waals surface area contributed by atoms with Gasteiger partial charge in [-0.05, 0) is 40.3 Å². The molecular formula is C14H36N2OSi2. The summed E-state index contributed by atoms with van der Waals surface area (Å²) in [5.74, 6) is 0. The van der Waals surface area contributed by atoms with Gasteiger partial charge in [-0.1, -0.05) is 52.4 Å². The first-order valence-corrected chi connectivity index (χ1v) is 11.6. The van der Waals surface area contributed by atoms with Crippen molar-refractivity contribution in [2.75, 3.05) is 28.2 Å². The van der Waals surface area contributed by atoms with Crippen molar-refractivity contribution in [3.8, 4) is 0 Å². The van der Waals surface area contributed by atoms with E-state index in [1.54, 1.807) is 0 Å². The van der Waals surface area contributed by atoms with E-state index in [0.29, 0.717) is 0 Å². The van der Waals surface area contributed by atoms with E-state index in [-0.39, 0.29) is 0 Å². The lowest BCUT2D eigenvalue weighted by Gasteiger charge is -2.31. The standard InChI is InChI=1S/C14H36N2OSi2/c1-7-9-11-13-18(15(3)4)17-19(16(5)6)14-12-10-8-2/h18-19H,7-14H2,1-6H3. The molecule has 116 valence electrons. The van der Waals surface area contributed by atoms with E-state index in [1.165, 1.54) is 50.6 Å². The Balaban J connectivity index is 4.22. The van der Waals surface area contributed by atoms with Gasteiger partial charge in [0, 0.05) is 0 Å². The molecule has 0 spiro atoms. The van der Waals surface area contributed by atoms with Crippen LogP contribution in [0.25, 0.3) is 0 Å². The van der Waals surface area contributed by atoms with Crippen LogP contribution in [0.3, 0.4) is 0 Å². The van der Waals surface area contributed by atoms with Gasteiger partial charge in [0.25, 0.3) is 0 Å². The number of nitrogens with zero attached hydrogens (tertiary/aromatic N) is 2. The van der Waals surface area contributed by atoms with E-state index >= 15 is 0 Å². The van der Waals surface area contributed by atoms with Crippen LogP contribution >= 0.6 is 0 Å². The maximum Gasteiger partial charge on any atom is 0.244 e. The van der Waals surface area contributed by atoms with Crippen LogP contribution in [0.1, 0.15) is 52.4 Å². The highest BCUT2D eigenvalue weighted by Crippen LogP contribution is 2.13. The molecule has 0 rings (SSSR count). The second-order valence-corrected chi connectivity index (χ2v) is 12.1. The van der Waals surface area contributed by atoms with E-state index in [1.807, 2.05) is 0 Å². The molecule has 0 bridgehead atoms. The van der Waals surface area contributed by atoms with Gasteiger partial charge in [0.1, 0.15) is 0 Å². The molecule has 2 unspecified atom stereocenters. The molecule has 0 aliphatic rings. The van der Waals surface area contributed by atoms with Gasteiger partial charge in [0.2, 0.25) is 18.4 Å². The van der Waals surface area contributed by atoms with Crippen molar-refractivity contribution in [2.24, 2.45) is 0 Å². The van der Waals surface area contributed by atoms with Crippen molar-refractivity contribution in [2.45, 2.75) is 64.5 Å². The van der Waals surface area contributed by atoms with Crippen LogP contribution in [-0.2, 0) is 4.12 Å². The van der Waals surface area contributed by atoms with E-state index < -0.39 is 18.4 Å². The largest absolute Gasteiger partial charge is 0.437 e. The van der Waals surface area contributed by atoms with Crippen LogP contribution < -0.4 is 0 Å². The monoisotopic (exact) mass is 304 g/mol. The molecule has 0 saturated heterocycles. The SMILES string of the molecule is CCCCC[SiH](O[SiH](CCCCC)N(C)C)N(C)C. The normalized spacial score (nSPS) is 15.2. The lowest BCUT2D eigenvalue weighted by atomic mass is 10.3. The first-order chi connectivity index (χ1) is 9.02. The quantitative estimate of drug-likeness (QED) is 0.407. The molecule has 0 aromatic rings. The summed E-state index contributed by atoms with van der Waals surface area (Å²) in [7, 11) is 6.52. The average Bonchev–Trinajstić information content (AvgIpc) is 2.35. The summed E-state index contributed by atoms with van der Waals surface area (Å²) in [4.78, 5) is 0. The Morgan fingerprint density at radius 1 is 0.684 bits per heavy atom. The van der Waals surface area contributed by atoms with Crippen molar-refractivity contribution >= 4 is 18.4 Å². The van der Waals surface area contributed by atoms with Crippen molar-refractivity contribution in [3.63, 3.8) is 0 Å². The Morgan fingerprint density at radius 3 is 1.32 bits per heavy atom. The maximum atomic E-state index is 6.60. The Labute approximate surface area is 124 Å². The highest BCUT2D eigenvalue weighted by Gasteiger charge is 2.23. The third kappa shape index (κ3) is 9.79. The van der Waals surface area contributed by atoms with Crippen LogP contribution in [0.15, 0.2) is 0 Å². The predicted molar refractivity (Wildman–Crippen MR) is 91.4 cm³/mol. The minimum absolute atomic E-state index is 1.15. The number of hydrogen-bond donors (Lipinski definition) is 0. The van der Waals surface area contributed by atoms with Crippen molar-refractivity contribution in [1.82, 2.24) is 9.13 Å². The van der Waals surface area contributed by atoms with Gasteiger partial charge in [-0.25, -0.2) is 0 Å². The molecule has 0 radical (unpaired) electrons. The second-order valence-electron chi connectivity index (χ2n) is 5.96. The zero-order chi connectivity index (χ0) is 14.7. The fourth-order valence-electron chi connectivity index (χ4n) is 2.22. The number of unbranched alkanes of at least 4 members (excludes halogenated alkanes) is 4. The van der Waals surface area contributed by atoms with Gasteiger partial charge in [0.15, 0.2) is 0 Å². The van der Waals surface area contributed by atoms with Gasteiger partial charge >= 0.3 is 0 Å². The van der Waals surface area contributed by atoms with Crippen molar-refractivity contribution < 1.29 is 4.12 Å². The maximum absolute atomic E-state index is 6.60. The Hall–Kier alpha value is 0.314. The fraction of sp³-hybridized carbons (Fsp3) is 1.00. The summed E-state index contributed by atoms with van der Waals surface area (Å²) >= 11 is 0. The Morgan fingerprint density at radius 2 is 1.05 bits per heavy atom. The summed E-state index contributed by atoms with van der Waals surface area (Å²) in [6.07, 6.45) is 8.00. The fourth-order valence-corrected chi connectivity index (χ4v) is 9.01. The molecule has 0 amide bonds. The smallest absolute Gasteiger partial charge is 0.244 e. The molecule has 0 heterocycles. The minimum atomic E-state index is -1.15. The second kappa shape index (κ2) is 12.1. The lowest BCUT2D eigenvalue weighted by molar-refractivity contribution is 0.412. The third-order valence-corrected chi connectivity index (χ3v) is 10.2. The Bertz CT molecular complexity index is 184. The number of rotatable bonds is 12. The zero-order valence-corrected chi connectivity index (χ0v) is 16.4. The van der Waals surface area contributed by atoms with E-state index in [4.69, 9.17) is 4.12 Å². The van der Waals surface area contributed by atoms with Crippen LogP contribution in [0.2, 0.25) is 12.1 Å². The van der Waals surface area contributed by atoms with E-state index in [0.717, 1.165) is 0 Å². The zero-order valence-electron chi connectivity index (χ0n) is 14.1. The molecule has 0 saturated carbocycles. The van der Waals surface area contributed by atoms with E-state index in [2.05, 4.69) is 51.2 Å². The van der Waals surface area contributed by atoms with Crippen LogP contribution in [0.5, 0.6) is 0 Å². The summed E-state index contributed by atoms with van der Waals surface area (Å²) in [6.45, 7) is 4.55. The molecule has 0 fully saturated rings. The highest BCUT2D eigenvalue weighted by atomic mass is 28.4. The molecule has 19 heavy (non-hydrogen) atoms. The first kappa shape index (κ1) is 19.3. The van der Waals surface area contributed by atoms with Gasteiger partial charge in [-0.2, -0.15) is 0 Å². The molecule has 5 heteroatoms. The third-order valence-electron chi connectivity index (χ3n) is 3.58. The van der Waals surface area contributed by atoms with Gasteiger partial charge in [-0.3, -0.25) is 0 Å². The predicted octanol–water partition coefficient (Wildman–Crippen LogP) is 2.95. The molecule has 0 N–H and O–H groups in total. The van der Waals surface area contributed by atoms with Crippen LogP contribution in [-0.4, -0.2) is 55.7 Å². The van der Waals surface area contributed by atoms with Gasteiger partial charge < -0.3 is 13.2 Å². The summed E-state index contributed by atoms with van der Waals surface area (Å²) in [5, 5.41) is 0. The van der Waals surface area contributed by atoms with Gasteiger partial charge in [-0.15, -0.1) is 0 Å². The topological polar surface area (TPSA) is 15.7 Å². The minimum Gasteiger partial charge on any atom is -0.437 e. The van der Waals surface area contributed by atoms with Gasteiger partial charge in [0.05, 0.1) is 0 Å². The summed E-state index contributed by atoms with van der Waals surface area (Å²) < 4.78 is 11.4. The molecule has 0 aromatic heterocycles. The van der Waals surface area contributed by atoms with Crippen LogP contribution in [0.4, 0.5) is 0 Å². The Kier molecular flexibility index (Phi) is 12.3. The first-order valence-electron chi connectivity index (χ1n) is 8.01. The molecule has 3 nitrogen and oxygen atoms in total. The lowest BCUT2D eigenvalue weighted by Crippen LogP contribution is -2.46. The molecule has 0 aliphatic heterocycles. The summed E-state index contributed by atoms with van der Waals surface area (Å²) in [6, 6.07) is 2.62. The molecular weight excluding hydrogens is 268 g/mol. The van der Waals surface area contributed by atoms with Crippen LogP contribution in [0, 0.1) is 0 Å². The molecule has 2 atom stereocenters. The van der Waals surface area contributed by atoms with Crippen molar-refractivity contribution in [3.05, 3.63) is 0 Å². The molecule has 0 aliphatic carbocycles. The number of hydrogen-bond acceptors (Lipinski definition) is 3.